The molecule has 0 bridgehead atoms. The summed E-state index contributed by atoms with van der Waals surface area (Å²) in [5.41, 5.74) is 5.93. The average molecular weight is 492 g/mol. The second kappa shape index (κ2) is 9.77. The molecule has 184 valence electrons. The van der Waals surface area contributed by atoms with Crippen LogP contribution in [-0.4, -0.2) is 42.3 Å². The SMILES string of the molecule is CC(=O)c1csc2c1CCN(C(=O)c1cnc3ccccn13)C2.CCc1cc(C(C)(C)C)nn1C. The van der Waals surface area contributed by atoms with Crippen LogP contribution in [0, 0.1) is 0 Å². The molecule has 7 nitrogen and oxygen atoms in total. The highest BCUT2D eigenvalue weighted by Gasteiger charge is 2.27. The van der Waals surface area contributed by atoms with Gasteiger partial charge in [0.2, 0.25) is 0 Å². The zero-order valence-electron chi connectivity index (χ0n) is 21.3. The Balaban J connectivity index is 0.000000204. The van der Waals surface area contributed by atoms with Crippen molar-refractivity contribution < 1.29 is 9.59 Å². The Morgan fingerprint density at radius 1 is 1.20 bits per heavy atom. The fourth-order valence-electron chi connectivity index (χ4n) is 4.25. The summed E-state index contributed by atoms with van der Waals surface area (Å²) in [6.45, 7) is 11.5. The first-order valence-corrected chi connectivity index (χ1v) is 12.8. The van der Waals surface area contributed by atoms with Gasteiger partial charge < -0.3 is 4.90 Å². The van der Waals surface area contributed by atoms with Crippen LogP contribution in [0.3, 0.4) is 0 Å². The highest BCUT2D eigenvalue weighted by Crippen LogP contribution is 2.29. The van der Waals surface area contributed by atoms with Crippen LogP contribution in [0.4, 0.5) is 0 Å². The maximum Gasteiger partial charge on any atom is 0.272 e. The Morgan fingerprint density at radius 3 is 2.60 bits per heavy atom. The Labute approximate surface area is 210 Å². The molecule has 0 N–H and O–H groups in total. The van der Waals surface area contributed by atoms with Gasteiger partial charge in [-0.15, -0.1) is 11.3 Å². The van der Waals surface area contributed by atoms with Gasteiger partial charge in [0.05, 0.1) is 18.4 Å². The molecule has 4 aromatic rings. The fourth-order valence-corrected chi connectivity index (χ4v) is 5.41. The van der Waals surface area contributed by atoms with Crippen molar-refractivity contribution in [1.82, 2.24) is 24.1 Å². The van der Waals surface area contributed by atoms with E-state index in [2.05, 4.69) is 43.8 Å². The molecule has 0 saturated carbocycles. The number of amides is 1. The Hall–Kier alpha value is -3.26. The normalized spacial score (nSPS) is 13.4. The van der Waals surface area contributed by atoms with E-state index in [1.807, 2.05) is 50.8 Å². The van der Waals surface area contributed by atoms with Crippen molar-refractivity contribution in [3.05, 3.63) is 75.1 Å². The van der Waals surface area contributed by atoms with Crippen molar-refractivity contribution >= 4 is 28.7 Å². The summed E-state index contributed by atoms with van der Waals surface area (Å²) in [7, 11) is 2.01. The lowest BCUT2D eigenvalue weighted by molar-refractivity contribution is 0.0730. The summed E-state index contributed by atoms with van der Waals surface area (Å²) in [6.07, 6.45) is 5.27. The number of fused-ring (bicyclic) bond motifs is 2. The van der Waals surface area contributed by atoms with E-state index in [0.717, 1.165) is 34.5 Å². The van der Waals surface area contributed by atoms with Crippen LogP contribution in [0.5, 0.6) is 0 Å². The number of ketones is 1. The van der Waals surface area contributed by atoms with Gasteiger partial charge in [-0.2, -0.15) is 5.10 Å². The molecule has 1 aliphatic heterocycles. The van der Waals surface area contributed by atoms with Crippen LogP contribution in [0.2, 0.25) is 0 Å². The minimum atomic E-state index is -0.0212. The third kappa shape index (κ3) is 5.07. The number of aromatic nitrogens is 4. The van der Waals surface area contributed by atoms with Crippen molar-refractivity contribution in [2.24, 2.45) is 7.05 Å². The first-order chi connectivity index (χ1) is 16.6. The van der Waals surface area contributed by atoms with Crippen LogP contribution in [-0.2, 0) is 31.8 Å². The molecule has 5 rings (SSSR count). The van der Waals surface area contributed by atoms with E-state index in [4.69, 9.17) is 0 Å². The van der Waals surface area contributed by atoms with Gasteiger partial charge in [0.25, 0.3) is 5.91 Å². The molecule has 0 aromatic carbocycles. The molecule has 5 heterocycles. The van der Waals surface area contributed by atoms with E-state index in [9.17, 15) is 9.59 Å². The summed E-state index contributed by atoms with van der Waals surface area (Å²) in [6, 6.07) is 7.86. The van der Waals surface area contributed by atoms with Crippen molar-refractivity contribution in [2.45, 2.75) is 59.4 Å². The Bertz CT molecular complexity index is 1370. The molecule has 0 aliphatic carbocycles. The maximum absolute atomic E-state index is 12.8. The zero-order chi connectivity index (χ0) is 25.3. The van der Waals surface area contributed by atoms with Crippen molar-refractivity contribution in [2.75, 3.05) is 6.54 Å². The highest BCUT2D eigenvalue weighted by atomic mass is 32.1. The van der Waals surface area contributed by atoms with E-state index in [0.29, 0.717) is 18.8 Å². The number of Topliss-reactive ketones (excluding diaryl/α,β-unsaturated/α-hetero) is 1. The number of imidazole rings is 1. The summed E-state index contributed by atoms with van der Waals surface area (Å²) in [4.78, 5) is 31.7. The molecule has 0 atom stereocenters. The number of nitrogens with zero attached hydrogens (tertiary/aromatic N) is 5. The standard InChI is InChI=1S/C17H15N3O2S.C10H18N2/c1-11(21)13-10-23-15-9-19(7-5-12(13)15)17(22)14-8-18-16-4-2-3-6-20(14)16;1-6-8-7-9(10(2,3)4)11-12(8)5/h2-4,6,8,10H,5,7,9H2,1H3;7H,6H2,1-5H3. The number of rotatable bonds is 3. The van der Waals surface area contributed by atoms with Crippen molar-refractivity contribution in [1.29, 1.82) is 0 Å². The monoisotopic (exact) mass is 491 g/mol. The first kappa shape index (κ1) is 24.9. The smallest absolute Gasteiger partial charge is 0.272 e. The van der Waals surface area contributed by atoms with Gasteiger partial charge in [-0.1, -0.05) is 33.8 Å². The molecular weight excluding hydrogens is 458 g/mol. The molecule has 1 amide bonds. The summed E-state index contributed by atoms with van der Waals surface area (Å²) >= 11 is 1.57. The number of carbonyl (C=O) groups is 2. The second-order valence-corrected chi connectivity index (χ2v) is 10.9. The van der Waals surface area contributed by atoms with Crippen LogP contribution in [0.15, 0.2) is 42.0 Å². The van der Waals surface area contributed by atoms with Crippen molar-refractivity contribution in [3.8, 4) is 0 Å². The van der Waals surface area contributed by atoms with Crippen LogP contribution in [0.25, 0.3) is 5.65 Å². The number of aryl methyl sites for hydroxylation is 2. The van der Waals surface area contributed by atoms with Crippen molar-refractivity contribution in [3.63, 3.8) is 0 Å². The maximum atomic E-state index is 12.8. The molecule has 4 aromatic heterocycles. The molecule has 8 heteroatoms. The van der Waals surface area contributed by atoms with Gasteiger partial charge in [-0.3, -0.25) is 18.7 Å². The predicted molar refractivity (Wildman–Crippen MR) is 139 cm³/mol. The van der Waals surface area contributed by atoms with Gasteiger partial charge in [0.1, 0.15) is 11.3 Å². The molecule has 0 saturated heterocycles. The number of hydrogen-bond acceptors (Lipinski definition) is 5. The lowest BCUT2D eigenvalue weighted by atomic mass is 9.92. The Morgan fingerprint density at radius 2 is 1.97 bits per heavy atom. The van der Waals surface area contributed by atoms with E-state index in [1.54, 1.807) is 24.5 Å². The van der Waals surface area contributed by atoms with Gasteiger partial charge in [-0.05, 0) is 43.5 Å². The largest absolute Gasteiger partial charge is 0.332 e. The third-order valence-electron chi connectivity index (χ3n) is 6.36. The number of thiophene rings is 1. The summed E-state index contributed by atoms with van der Waals surface area (Å²) in [5, 5.41) is 6.38. The quantitative estimate of drug-likeness (QED) is 0.375. The zero-order valence-corrected chi connectivity index (χ0v) is 22.1. The van der Waals surface area contributed by atoms with Gasteiger partial charge in [0.15, 0.2) is 5.78 Å². The topological polar surface area (TPSA) is 72.5 Å². The van der Waals surface area contributed by atoms with Gasteiger partial charge in [0, 0.05) is 46.7 Å². The van der Waals surface area contributed by atoms with Crippen LogP contribution >= 0.6 is 11.3 Å². The lowest BCUT2D eigenvalue weighted by Gasteiger charge is -2.27. The summed E-state index contributed by atoms with van der Waals surface area (Å²) in [5.74, 6) is 0.0798. The van der Waals surface area contributed by atoms with Crippen LogP contribution < -0.4 is 0 Å². The molecule has 0 fully saturated rings. The summed E-state index contributed by atoms with van der Waals surface area (Å²) < 4.78 is 3.79. The van der Waals surface area contributed by atoms with E-state index in [-0.39, 0.29) is 17.1 Å². The molecule has 35 heavy (non-hydrogen) atoms. The average Bonchev–Trinajstić information content (AvgIpc) is 3.54. The molecule has 0 unspecified atom stereocenters. The molecule has 1 aliphatic rings. The first-order valence-electron chi connectivity index (χ1n) is 11.9. The molecule has 0 spiro atoms. The number of pyridine rings is 1. The van der Waals surface area contributed by atoms with E-state index in [1.165, 1.54) is 11.4 Å². The third-order valence-corrected chi connectivity index (χ3v) is 7.37. The fraction of sp³-hybridized carbons (Fsp3) is 0.407. The highest BCUT2D eigenvalue weighted by molar-refractivity contribution is 7.10. The lowest BCUT2D eigenvalue weighted by Crippen LogP contribution is -2.36. The minimum absolute atomic E-state index is 0.0212. The predicted octanol–water partition coefficient (Wildman–Crippen LogP) is 5.08. The molecule has 0 radical (unpaired) electrons. The number of hydrogen-bond donors (Lipinski definition) is 0. The second-order valence-electron chi connectivity index (χ2n) is 9.90. The van der Waals surface area contributed by atoms with Gasteiger partial charge >= 0.3 is 0 Å². The van der Waals surface area contributed by atoms with Crippen LogP contribution in [0.1, 0.15) is 77.3 Å². The Kier molecular flexibility index (Phi) is 6.94. The van der Waals surface area contributed by atoms with E-state index < -0.39 is 0 Å². The minimum Gasteiger partial charge on any atom is -0.332 e. The van der Waals surface area contributed by atoms with Gasteiger partial charge in [-0.25, -0.2) is 4.98 Å². The van der Waals surface area contributed by atoms with E-state index >= 15 is 0 Å². The molecular formula is C27H33N5O2S. The number of carbonyl (C=O) groups excluding carboxylic acids is 2.